The zero-order chi connectivity index (χ0) is 98.2. The molecular weight excluding hydrogens is 1830 g/mol. The Morgan fingerprint density at radius 2 is 1.31 bits per heavy atom. The van der Waals surface area contributed by atoms with Crippen LogP contribution in [-0.2, 0) is 92.5 Å². The van der Waals surface area contributed by atoms with Crippen molar-refractivity contribution < 1.29 is 123 Å². The van der Waals surface area contributed by atoms with Gasteiger partial charge >= 0.3 is 36.0 Å². The van der Waals surface area contributed by atoms with Crippen LogP contribution in [0.3, 0.4) is 0 Å². The highest BCUT2D eigenvalue weighted by Crippen LogP contribution is 2.32. The lowest BCUT2D eigenvalue weighted by Crippen LogP contribution is -2.56. The quantitative estimate of drug-likeness (QED) is 0.0120. The summed E-state index contributed by atoms with van der Waals surface area (Å²) in [7, 11) is -7.63. The van der Waals surface area contributed by atoms with Crippen LogP contribution in [0.1, 0.15) is 122 Å². The number of carboxylic acid groups (broad SMARTS) is 3. The summed E-state index contributed by atoms with van der Waals surface area (Å²) in [6.07, 6.45) is 2.07. The lowest BCUT2D eigenvalue weighted by Gasteiger charge is -2.29. The van der Waals surface area contributed by atoms with Crippen LogP contribution >= 0.6 is 11.9 Å². The maximum Gasteiger partial charge on any atom is 0.321 e. The van der Waals surface area contributed by atoms with Gasteiger partial charge in [0, 0.05) is 105 Å². The van der Waals surface area contributed by atoms with Crippen LogP contribution in [0.4, 0.5) is 63.2 Å². The maximum absolute atomic E-state index is 15.1. The number of carboxylic acids is 3. The summed E-state index contributed by atoms with van der Waals surface area (Å²) in [6, 6.07) is 18.7. The van der Waals surface area contributed by atoms with E-state index in [-0.39, 0.29) is 167 Å². The average Bonchev–Trinajstić information content (AvgIpc) is 1.41. The van der Waals surface area contributed by atoms with Crippen molar-refractivity contribution in [3.05, 3.63) is 138 Å². The summed E-state index contributed by atoms with van der Waals surface area (Å²) in [5.74, 6) is -11.7. The van der Waals surface area contributed by atoms with Crippen LogP contribution in [0.25, 0.3) is 11.3 Å². The highest BCUT2D eigenvalue weighted by atomic mass is 32.2. The molecule has 2 aliphatic heterocycles. The number of hydrazine groups is 1. The Labute approximate surface area is 780 Å². The van der Waals surface area contributed by atoms with Crippen molar-refractivity contribution in [3.8, 4) is 17.0 Å². The number of hydrogen-bond acceptors (Lipinski definition) is 27. The number of rotatable bonds is 49. The molecule has 0 spiro atoms. The first kappa shape index (κ1) is 107. The fraction of sp³-hybridized carbons (Fsp3) is 0.442. The first-order valence-electron chi connectivity index (χ1n) is 43.0. The Balaban J connectivity index is 0.636. The number of carbonyl (C=O) groups is 14. The summed E-state index contributed by atoms with van der Waals surface area (Å²) >= 11 is 0.505. The number of sulfonamides is 1. The summed E-state index contributed by atoms with van der Waals surface area (Å²) in [6.45, 7) is 7.13. The van der Waals surface area contributed by atoms with E-state index in [1.165, 1.54) is 104 Å². The molecule has 135 heavy (non-hydrogen) atoms. The summed E-state index contributed by atoms with van der Waals surface area (Å²) in [4.78, 5) is 191. The molecule has 6 aromatic rings. The SMILES string of the molecule is CCCNC(=O)Nc1cccc(S(=O)(=O)Nc2cccc([C@@H](CC(=O)O)NC(=O)Nc3ccc(NC(=O)NCCNC(=O)CNC(=O)CC(C)(SNNC(=O)CCCC(=O)NCCOCCOCCOCCC(=O)N[C@@H](CC(=O)O)C(=O)N4CCC[C@H]4C(=O)N[C@H](C(=O)N=S(C)(=O)Cc4cc5cc(c4)OCCCCNc4cc(ccc4F)-c4nc(ncc4F)N5)C(C)C)C(=O)O)cc3)c2)c1. The van der Waals surface area contributed by atoms with Gasteiger partial charge < -0.3 is 108 Å². The van der Waals surface area contributed by atoms with E-state index in [1.54, 1.807) is 32.0 Å². The number of carbonyl (C=O) groups excluding carboxylic acids is 11. The molecule has 0 saturated carbocycles. The number of nitrogens with zero attached hydrogens (tertiary/aromatic N) is 4. The van der Waals surface area contributed by atoms with E-state index in [2.05, 4.69) is 98.4 Å². The number of ether oxygens (including phenoxy) is 4. The number of urea groups is 3. The number of hydrogen-bond donors (Lipinski definition) is 19. The molecule has 3 heterocycles. The highest BCUT2D eigenvalue weighted by molar-refractivity contribution is 7.99. The molecule has 8 rings (SSSR count). The predicted molar refractivity (Wildman–Crippen MR) is 492 cm³/mol. The van der Waals surface area contributed by atoms with Gasteiger partial charge in [0.1, 0.15) is 40.1 Å². The number of aromatic nitrogens is 2. The fourth-order valence-corrected chi connectivity index (χ4v) is 16.3. The third kappa shape index (κ3) is 37.1. The molecular formula is C86H112F2N20O24S3. The Morgan fingerprint density at radius 3 is 2.01 bits per heavy atom. The second kappa shape index (κ2) is 53.4. The number of benzene rings is 5. The first-order valence-corrected chi connectivity index (χ1v) is 47.4. The normalized spacial score (nSPS) is 14.5. The minimum Gasteiger partial charge on any atom is -0.494 e. The van der Waals surface area contributed by atoms with E-state index in [0.717, 1.165) is 11.1 Å². The van der Waals surface area contributed by atoms with Crippen molar-refractivity contribution in [1.82, 2.24) is 67.7 Å². The van der Waals surface area contributed by atoms with Crippen LogP contribution in [-0.4, -0.2) is 247 Å². The van der Waals surface area contributed by atoms with Gasteiger partial charge in [0.25, 0.3) is 15.9 Å². The number of halogens is 2. The molecule has 5 aromatic carbocycles. The number of anilines is 7. The summed E-state index contributed by atoms with van der Waals surface area (Å²) < 4.78 is 98.1. The van der Waals surface area contributed by atoms with Crippen molar-refractivity contribution in [2.75, 3.05) is 130 Å². The van der Waals surface area contributed by atoms with Gasteiger partial charge in [-0.25, -0.2) is 45.8 Å². The molecule has 49 heteroatoms. The Morgan fingerprint density at radius 1 is 0.652 bits per heavy atom. The van der Waals surface area contributed by atoms with E-state index in [1.807, 2.05) is 6.92 Å². The molecule has 44 nitrogen and oxygen atoms in total. The molecule has 6 atom stereocenters. The third-order valence-corrected chi connectivity index (χ3v) is 23.7. The van der Waals surface area contributed by atoms with E-state index < -0.39 is 169 Å². The van der Waals surface area contributed by atoms with Gasteiger partial charge in [0.15, 0.2) is 5.82 Å². The van der Waals surface area contributed by atoms with Crippen molar-refractivity contribution in [2.45, 2.75) is 144 Å². The average molecular weight is 1940 g/mol. The Hall–Kier alpha value is -13.5. The minimum atomic E-state index is -4.22. The molecule has 732 valence electrons. The number of amides is 14. The number of nitrogens with one attached hydrogen (secondary N) is 16. The van der Waals surface area contributed by atoms with Crippen LogP contribution in [0, 0.1) is 17.6 Å². The maximum atomic E-state index is 15.1. The molecule has 0 radical (unpaired) electrons. The van der Waals surface area contributed by atoms with Crippen LogP contribution in [0.5, 0.6) is 5.75 Å². The van der Waals surface area contributed by atoms with Gasteiger partial charge in [-0.3, -0.25) is 62.9 Å². The van der Waals surface area contributed by atoms with E-state index >= 15 is 4.39 Å². The van der Waals surface area contributed by atoms with Gasteiger partial charge in [-0.2, -0.15) is 9.19 Å². The first-order chi connectivity index (χ1) is 64.3. The molecule has 14 amide bonds. The smallest absolute Gasteiger partial charge is 0.321 e. The predicted octanol–water partition coefficient (Wildman–Crippen LogP) is 5.92. The standard InChI is InChI=1S/C86H112F2N20O24S3/c1-6-27-92-83(123)99-58-14-10-16-62(45-58)135(127,128)105-59-15-9-13-54(42-59)65(46-74(114)115)101-85(125)98-57-23-21-56(22-24-57)97-84(124)93-30-29-90-73(113)50-94-72(112)48-86(4,81(121)122)133-107-104-71(111)19-11-18-69(109)91-31-35-130-37-39-131-38-36-129-34-26-70(110)100-67(47-75(116)117)80(120)108-32-12-17-68(108)78(118)102-76(52(2)3)79(119)106-134(5,126)51-53-40-60-44-61(41-53)132-33-8-7-28-89-66-43-55(20-25-63(66)87)77-64(88)49-95-82(96-60)103-77/h9-10,13-16,20-25,40-45,49,52,65,67-68,76,89,105,107H,6-8,11-12,17-19,26-39,46-48,50-51H2,1-5H3,(H,90,113)(H,91,109)(H,94,112)(H,100,110)(H,102,118)(H,104,111)(H,114,115)(H,116,117)(H,121,122)(H2,92,99,123)(H2,93,97,124)(H,95,96,103)(H2,98,101,125)/t65-,67+,68+,76+,86?,134?/m1/s1. The summed E-state index contributed by atoms with van der Waals surface area (Å²) in [5, 5.41) is 63.4. The van der Waals surface area contributed by atoms with Gasteiger partial charge in [0.2, 0.25) is 47.3 Å². The summed E-state index contributed by atoms with van der Waals surface area (Å²) in [5.41, 5.74) is 4.48. The topological polar surface area (TPSA) is 622 Å². The van der Waals surface area contributed by atoms with Crippen LogP contribution in [0.15, 0.2) is 125 Å². The van der Waals surface area contributed by atoms with Crippen molar-refractivity contribution in [3.63, 3.8) is 0 Å². The lowest BCUT2D eigenvalue weighted by atomic mass is 10.0. The van der Waals surface area contributed by atoms with Crippen molar-refractivity contribution in [2.24, 2.45) is 10.3 Å². The van der Waals surface area contributed by atoms with E-state index in [4.69, 9.17) is 18.9 Å². The van der Waals surface area contributed by atoms with Gasteiger partial charge in [-0.1, -0.05) is 39.0 Å². The molecule has 2 aliphatic rings. The van der Waals surface area contributed by atoms with E-state index in [0.29, 0.717) is 73.3 Å². The zero-order valence-corrected chi connectivity index (χ0v) is 77.1. The highest BCUT2D eigenvalue weighted by Gasteiger charge is 2.41. The van der Waals surface area contributed by atoms with Crippen molar-refractivity contribution in [1.29, 1.82) is 0 Å². The molecule has 19 N–H and O–H groups in total. The monoisotopic (exact) mass is 1940 g/mol. The molecule has 0 aliphatic carbocycles. The number of likely N-dealkylation sites (tertiary alicyclic amines) is 1. The largest absolute Gasteiger partial charge is 0.494 e. The third-order valence-electron chi connectivity index (χ3n) is 19.9. The second-order valence-corrected chi connectivity index (χ2v) is 36.8. The Kier molecular flexibility index (Phi) is 42.3. The molecule has 6 bridgehead atoms. The van der Waals surface area contributed by atoms with E-state index in [9.17, 15) is 99.5 Å². The number of fused-ring (bicyclic) bond motifs is 7. The zero-order valence-electron chi connectivity index (χ0n) is 74.6. The van der Waals surface area contributed by atoms with Gasteiger partial charge in [-0.05, 0) is 159 Å². The van der Waals surface area contributed by atoms with Gasteiger partial charge in [-0.15, -0.1) is 0 Å². The minimum absolute atomic E-state index is 0.0217. The number of aliphatic carboxylic acids is 3. The van der Waals surface area contributed by atoms with Crippen molar-refractivity contribution >= 4 is 155 Å². The van der Waals surface area contributed by atoms with Crippen LogP contribution in [0.2, 0.25) is 0 Å². The molecule has 1 saturated heterocycles. The second-order valence-electron chi connectivity index (χ2n) is 31.5. The molecule has 2 unspecified atom stereocenters. The Bertz CT molecular complexity index is 5450. The molecule has 1 fully saturated rings. The molecule has 1 aromatic heterocycles. The fourth-order valence-electron chi connectivity index (χ4n) is 13.2. The lowest BCUT2D eigenvalue weighted by molar-refractivity contribution is -0.146. The van der Waals surface area contributed by atoms with Crippen LogP contribution < -0.4 is 88.8 Å². The van der Waals surface area contributed by atoms with Gasteiger partial charge in [0.05, 0.1) is 110 Å².